The zero-order valence-electron chi connectivity index (χ0n) is 44.8. The fourth-order valence-electron chi connectivity index (χ4n) is 8.81. The molecule has 1 aromatic heterocycles. The lowest BCUT2D eigenvalue weighted by atomic mass is 10.0. The van der Waals surface area contributed by atoms with E-state index < -0.39 is 145 Å². The van der Waals surface area contributed by atoms with Crippen molar-refractivity contribution in [2.45, 2.75) is 153 Å². The summed E-state index contributed by atoms with van der Waals surface area (Å²) in [6, 6.07) is -10.7. The predicted octanol–water partition coefficient (Wildman–Crippen LogP) is -3.33. The molecule has 16 N–H and O–H groups in total. The zero-order valence-corrected chi connectivity index (χ0v) is 46.5. The SMILES string of the molecule is CSCC[C@H](NC(=O)CNC(=O)[C@@H]1CCCN1C(=O)[C@@H]1CCCN1C(=O)[C@H](CS)NC(=O)[C@@H](N)CC(C)C)C(=O)N[C@H](C(=O)N[C@@H](CCCN=C(N)N)C(=O)N[C@@H](Cc1cnc[nH]1)C(=O)N[C@@H](CCC(=O)O)C(=O)O)C(C)C. The van der Waals surface area contributed by atoms with Gasteiger partial charge in [0.05, 0.1) is 18.9 Å². The van der Waals surface area contributed by atoms with E-state index >= 15 is 0 Å². The van der Waals surface area contributed by atoms with Crippen molar-refractivity contribution in [3.05, 3.63) is 18.2 Å². The molecule has 0 spiro atoms. The van der Waals surface area contributed by atoms with Gasteiger partial charge in [-0.1, -0.05) is 27.7 Å². The molecule has 436 valence electrons. The van der Waals surface area contributed by atoms with Crippen LogP contribution in [0, 0.1) is 11.8 Å². The minimum atomic E-state index is -1.63. The number of carbonyl (C=O) groups excluding carboxylic acids is 9. The van der Waals surface area contributed by atoms with Crippen molar-refractivity contribution < 1.29 is 63.0 Å². The van der Waals surface area contributed by atoms with Crippen LogP contribution < -0.4 is 54.4 Å². The summed E-state index contributed by atoms with van der Waals surface area (Å²) >= 11 is 5.66. The van der Waals surface area contributed by atoms with Gasteiger partial charge in [0.2, 0.25) is 53.2 Å². The standard InChI is InChI=1S/C48H79N15O13S2/c1-25(2)19-28(49)39(67)60-33(23-77)45(73)63-17-8-11-35(63)46(74)62-16-7-10-34(62)43(71)54-22-36(64)56-30(14-18-78-5)41(69)61-38(26(3)4)44(72)57-29(9-6-15-53-48(50)51)40(68)59-32(20-27-21-52-24-55-27)42(70)58-31(47(75)76)12-13-37(65)66/h21,24-26,28-35,38,77H,6-20,22-23,49H2,1-5H3,(H,52,55)(H,54,71)(H,56,64)(H,57,72)(H,58,70)(H,59,68)(H,60,67)(H,61,69)(H,65,66)(H,75,76)(H4,50,51,53)/t28-,29-,30-,31-,32-,33-,34-,35-,38-/m0/s1. The second-order valence-electron chi connectivity index (χ2n) is 19.9. The molecule has 0 aliphatic carbocycles. The quantitative estimate of drug-likeness (QED) is 0.0142. The summed E-state index contributed by atoms with van der Waals surface area (Å²) in [5.41, 5.74) is 17.4. The second kappa shape index (κ2) is 32.9. The summed E-state index contributed by atoms with van der Waals surface area (Å²) < 4.78 is 0. The Morgan fingerprint density at radius 3 is 1.97 bits per heavy atom. The number of carboxylic acid groups (broad SMARTS) is 2. The first-order valence-electron chi connectivity index (χ1n) is 25.9. The van der Waals surface area contributed by atoms with E-state index in [1.54, 1.807) is 20.1 Å². The number of amides is 9. The van der Waals surface area contributed by atoms with E-state index in [2.05, 4.69) is 64.8 Å². The molecule has 3 rings (SSSR count). The molecule has 2 fully saturated rings. The number of nitrogens with one attached hydrogen (secondary N) is 8. The number of rotatable bonds is 33. The van der Waals surface area contributed by atoms with E-state index in [0.29, 0.717) is 37.1 Å². The second-order valence-corrected chi connectivity index (χ2v) is 21.2. The third-order valence-electron chi connectivity index (χ3n) is 12.9. The van der Waals surface area contributed by atoms with Crippen LogP contribution in [0.3, 0.4) is 0 Å². The maximum atomic E-state index is 14.1. The van der Waals surface area contributed by atoms with Crippen molar-refractivity contribution in [3.8, 4) is 0 Å². The number of thioether (sulfide) groups is 1. The van der Waals surface area contributed by atoms with Crippen LogP contribution in [0.4, 0.5) is 0 Å². The Bertz CT molecular complexity index is 2270. The van der Waals surface area contributed by atoms with Gasteiger partial charge in [-0.3, -0.25) is 52.9 Å². The van der Waals surface area contributed by atoms with E-state index in [1.165, 1.54) is 34.1 Å². The molecule has 0 saturated carbocycles. The Labute approximate surface area is 462 Å². The maximum absolute atomic E-state index is 14.1. The Balaban J connectivity index is 1.72. The van der Waals surface area contributed by atoms with Gasteiger partial charge >= 0.3 is 11.9 Å². The first-order valence-corrected chi connectivity index (χ1v) is 27.9. The molecule has 0 bridgehead atoms. The number of aromatic amines is 1. The summed E-state index contributed by atoms with van der Waals surface area (Å²) in [6.45, 7) is 7.00. The van der Waals surface area contributed by atoms with Gasteiger partial charge in [0.1, 0.15) is 48.3 Å². The Morgan fingerprint density at radius 2 is 1.38 bits per heavy atom. The van der Waals surface area contributed by atoms with Crippen molar-refractivity contribution in [3.63, 3.8) is 0 Å². The summed E-state index contributed by atoms with van der Waals surface area (Å²) in [5.74, 6) is -9.45. The highest BCUT2D eigenvalue weighted by molar-refractivity contribution is 7.98. The van der Waals surface area contributed by atoms with Crippen LogP contribution >= 0.6 is 24.4 Å². The predicted molar refractivity (Wildman–Crippen MR) is 290 cm³/mol. The lowest BCUT2D eigenvalue weighted by Crippen LogP contribution is -2.60. The average Bonchev–Trinajstić information content (AvgIpc) is 4.20. The lowest BCUT2D eigenvalue weighted by Gasteiger charge is -2.33. The largest absolute Gasteiger partial charge is 0.481 e. The van der Waals surface area contributed by atoms with Gasteiger partial charge in [-0.05, 0) is 81.6 Å². The number of imidazole rings is 1. The molecule has 78 heavy (non-hydrogen) atoms. The van der Waals surface area contributed by atoms with Crippen LogP contribution in [0.1, 0.15) is 97.6 Å². The number of thiol groups is 1. The van der Waals surface area contributed by atoms with E-state index in [1.807, 2.05) is 13.8 Å². The number of nitrogens with two attached hydrogens (primary N) is 3. The monoisotopic (exact) mass is 1140 g/mol. The molecule has 30 heteroatoms. The first-order chi connectivity index (χ1) is 36.9. The number of hydrogen-bond acceptors (Lipinski definition) is 16. The Morgan fingerprint density at radius 1 is 0.782 bits per heavy atom. The van der Waals surface area contributed by atoms with Crippen LogP contribution in [0.5, 0.6) is 0 Å². The van der Waals surface area contributed by atoms with Gasteiger partial charge in [0.25, 0.3) is 0 Å². The highest BCUT2D eigenvalue weighted by Gasteiger charge is 2.44. The minimum Gasteiger partial charge on any atom is -0.481 e. The molecule has 2 aliphatic rings. The van der Waals surface area contributed by atoms with Crippen molar-refractivity contribution in [2.75, 3.05) is 43.9 Å². The molecule has 2 saturated heterocycles. The summed E-state index contributed by atoms with van der Waals surface area (Å²) in [4.78, 5) is 160. The smallest absolute Gasteiger partial charge is 0.326 e. The number of carboxylic acids is 2. The molecule has 9 amide bonds. The average molecular weight is 1140 g/mol. The highest BCUT2D eigenvalue weighted by atomic mass is 32.2. The minimum absolute atomic E-state index is 0.0275. The topological polar surface area (TPSA) is 438 Å². The van der Waals surface area contributed by atoms with E-state index in [9.17, 15) is 57.8 Å². The van der Waals surface area contributed by atoms with Crippen molar-refractivity contribution in [2.24, 2.45) is 34.0 Å². The van der Waals surface area contributed by atoms with E-state index in [4.69, 9.17) is 22.3 Å². The van der Waals surface area contributed by atoms with Gasteiger partial charge in [-0.25, -0.2) is 9.78 Å². The molecular formula is C48H79N15O13S2. The number of nitrogens with zero attached hydrogens (tertiary/aromatic N) is 4. The molecule has 0 unspecified atom stereocenters. The van der Waals surface area contributed by atoms with Crippen molar-refractivity contribution in [1.82, 2.24) is 57.0 Å². The number of H-pyrrole nitrogens is 1. The summed E-state index contributed by atoms with van der Waals surface area (Å²) in [7, 11) is 0. The van der Waals surface area contributed by atoms with Crippen LogP contribution in [0.2, 0.25) is 0 Å². The van der Waals surface area contributed by atoms with Gasteiger partial charge in [0, 0.05) is 50.1 Å². The summed E-state index contributed by atoms with van der Waals surface area (Å²) in [6.07, 6.45) is 5.32. The Kier molecular flexibility index (Phi) is 27.7. The van der Waals surface area contributed by atoms with Crippen LogP contribution in [0.25, 0.3) is 0 Å². The molecule has 9 atom stereocenters. The first kappa shape index (κ1) is 65.6. The summed E-state index contributed by atoms with van der Waals surface area (Å²) in [5, 5.41) is 36.8. The Hall–Kier alpha value is -6.69. The van der Waals surface area contributed by atoms with Crippen LogP contribution in [-0.4, -0.2) is 199 Å². The fraction of sp³-hybridized carbons (Fsp3) is 0.688. The van der Waals surface area contributed by atoms with E-state index in [-0.39, 0.29) is 69.4 Å². The normalized spacial score (nSPS) is 17.8. The molecule has 1 aromatic rings. The molecular weight excluding hydrogens is 1060 g/mol. The highest BCUT2D eigenvalue weighted by Crippen LogP contribution is 2.26. The van der Waals surface area contributed by atoms with Crippen molar-refractivity contribution >= 4 is 95.5 Å². The third kappa shape index (κ3) is 21.3. The van der Waals surface area contributed by atoms with Gasteiger partial charge in [0.15, 0.2) is 5.96 Å². The number of aliphatic carboxylic acids is 2. The van der Waals surface area contributed by atoms with Crippen LogP contribution in [0.15, 0.2) is 17.5 Å². The molecule has 2 aliphatic heterocycles. The molecule has 0 aromatic carbocycles. The number of hydrogen-bond donors (Lipinski definition) is 14. The fourth-order valence-corrected chi connectivity index (χ4v) is 9.53. The number of guanidine groups is 1. The number of carbonyl (C=O) groups is 11. The zero-order chi connectivity index (χ0) is 58.2. The lowest BCUT2D eigenvalue weighted by molar-refractivity contribution is -0.147. The molecule has 28 nitrogen and oxygen atoms in total. The third-order valence-corrected chi connectivity index (χ3v) is 13.9. The van der Waals surface area contributed by atoms with Gasteiger partial charge in [-0.15, -0.1) is 0 Å². The van der Waals surface area contributed by atoms with Crippen molar-refractivity contribution in [1.29, 1.82) is 0 Å². The van der Waals surface area contributed by atoms with E-state index in [0.717, 1.165) is 0 Å². The maximum Gasteiger partial charge on any atom is 0.326 e. The number of aliphatic imine (C=N–C) groups is 1. The van der Waals surface area contributed by atoms with Gasteiger partial charge < -0.3 is 79.4 Å². The van der Waals surface area contributed by atoms with Gasteiger partial charge in [-0.2, -0.15) is 24.4 Å². The molecule has 3 heterocycles. The molecule has 0 radical (unpaired) electrons. The number of aromatic nitrogens is 2. The van der Waals surface area contributed by atoms with Crippen LogP contribution in [-0.2, 0) is 59.2 Å². The number of likely N-dealkylation sites (tertiary alicyclic amines) is 2.